The van der Waals surface area contributed by atoms with Crippen LogP contribution in [0.15, 0.2) is 48.5 Å². The highest BCUT2D eigenvalue weighted by molar-refractivity contribution is 5.34. The van der Waals surface area contributed by atoms with Gasteiger partial charge in [0.15, 0.2) is 0 Å². The van der Waals surface area contributed by atoms with Crippen molar-refractivity contribution in [3.63, 3.8) is 0 Å². The molecule has 0 aromatic heterocycles. The van der Waals surface area contributed by atoms with Crippen molar-refractivity contribution in [2.75, 3.05) is 211 Å². The molecule has 0 amide bonds. The summed E-state index contributed by atoms with van der Waals surface area (Å²) in [7, 11) is 0. The summed E-state index contributed by atoms with van der Waals surface area (Å²) in [6.07, 6.45) is 17.6. The van der Waals surface area contributed by atoms with Crippen molar-refractivity contribution in [1.29, 1.82) is 0 Å². The fourth-order valence-electron chi connectivity index (χ4n) is 7.50. The van der Waals surface area contributed by atoms with Crippen LogP contribution in [0.5, 0.6) is 11.5 Å². The molecule has 0 bridgehead atoms. The van der Waals surface area contributed by atoms with Gasteiger partial charge in [-0.25, -0.2) is 0 Å². The van der Waals surface area contributed by atoms with Gasteiger partial charge in [-0.05, 0) is 48.9 Å². The van der Waals surface area contributed by atoms with Gasteiger partial charge < -0.3 is 80.5 Å². The SMILES string of the molecule is CCCCCCCCc1ccccc1OCCOCCOCCOCCOCCOCCOCCOCCOCCOCCOCCOCCOCCOCCOCCOCCOc1ccccc1CCCCCCCC. The van der Waals surface area contributed by atoms with E-state index in [1.807, 2.05) is 12.1 Å². The number of ether oxygens (including phenoxy) is 17. The summed E-state index contributed by atoms with van der Waals surface area (Å²) in [5.41, 5.74) is 2.56. The lowest BCUT2D eigenvalue weighted by Gasteiger charge is -2.12. The van der Waals surface area contributed by atoms with Crippen LogP contribution >= 0.6 is 0 Å². The van der Waals surface area contributed by atoms with Crippen LogP contribution in [-0.2, 0) is 83.9 Å². The van der Waals surface area contributed by atoms with E-state index in [1.54, 1.807) is 0 Å². The van der Waals surface area contributed by atoms with Crippen molar-refractivity contribution in [3.8, 4) is 11.5 Å². The van der Waals surface area contributed by atoms with E-state index >= 15 is 0 Å². The largest absolute Gasteiger partial charge is 0.491 e. The minimum absolute atomic E-state index is 0.497. The predicted octanol–water partition coefficient (Wildman–Crippen LogP) is 9.20. The van der Waals surface area contributed by atoms with E-state index in [0.717, 1.165) is 24.3 Å². The van der Waals surface area contributed by atoms with Crippen molar-refractivity contribution >= 4 is 0 Å². The zero-order valence-corrected chi connectivity index (χ0v) is 48.1. The van der Waals surface area contributed by atoms with Gasteiger partial charge in [0.1, 0.15) is 24.7 Å². The smallest absolute Gasteiger partial charge is 0.122 e. The Labute approximate surface area is 465 Å². The fraction of sp³-hybridized carbons (Fsp3) is 0.800. The third kappa shape index (κ3) is 49.0. The van der Waals surface area contributed by atoms with Gasteiger partial charge in [0, 0.05) is 0 Å². The van der Waals surface area contributed by atoms with Crippen molar-refractivity contribution in [3.05, 3.63) is 59.7 Å². The third-order valence-electron chi connectivity index (χ3n) is 11.7. The van der Waals surface area contributed by atoms with Crippen LogP contribution in [0.4, 0.5) is 0 Å². The maximum absolute atomic E-state index is 5.99. The van der Waals surface area contributed by atoms with Crippen LogP contribution in [-0.4, -0.2) is 211 Å². The Morgan fingerprint density at radius 2 is 0.390 bits per heavy atom. The second-order valence-electron chi connectivity index (χ2n) is 18.1. The topological polar surface area (TPSA) is 157 Å². The van der Waals surface area contributed by atoms with Crippen LogP contribution in [0.3, 0.4) is 0 Å². The van der Waals surface area contributed by atoms with Crippen LogP contribution in [0.25, 0.3) is 0 Å². The van der Waals surface area contributed by atoms with Crippen molar-refractivity contribution in [1.82, 2.24) is 0 Å². The fourth-order valence-corrected chi connectivity index (χ4v) is 7.50. The normalized spacial score (nSPS) is 11.6. The van der Waals surface area contributed by atoms with Gasteiger partial charge in [-0.2, -0.15) is 0 Å². The van der Waals surface area contributed by atoms with Crippen LogP contribution in [0.1, 0.15) is 102 Å². The molecule has 2 aromatic rings. The maximum Gasteiger partial charge on any atom is 0.122 e. The molecule has 2 rings (SSSR count). The summed E-state index contributed by atoms with van der Waals surface area (Å²) < 4.78 is 95.6. The molecule has 77 heavy (non-hydrogen) atoms. The third-order valence-corrected chi connectivity index (χ3v) is 11.7. The Bertz CT molecular complexity index is 1360. The zero-order valence-electron chi connectivity index (χ0n) is 48.1. The molecular weight excluding hydrogens is 993 g/mol. The minimum Gasteiger partial charge on any atom is -0.491 e. The molecule has 0 unspecified atom stereocenters. The molecule has 0 heterocycles. The molecule has 0 spiro atoms. The number of hydrogen-bond acceptors (Lipinski definition) is 17. The molecule has 17 nitrogen and oxygen atoms in total. The molecule has 17 heteroatoms. The molecule has 0 aliphatic rings. The summed E-state index contributed by atoms with van der Waals surface area (Å²) in [5.74, 6) is 1.94. The highest BCUT2D eigenvalue weighted by atomic mass is 16.6. The second kappa shape index (κ2) is 59.6. The number of hydrogen-bond donors (Lipinski definition) is 0. The lowest BCUT2D eigenvalue weighted by atomic mass is 10.0. The molecule has 2 aromatic carbocycles. The molecular formula is C60H106O17. The van der Waals surface area contributed by atoms with E-state index in [2.05, 4.69) is 50.2 Å². The summed E-state index contributed by atoms with van der Waals surface area (Å²) in [4.78, 5) is 0. The molecule has 0 saturated carbocycles. The number of aryl methyl sites for hydroxylation is 2. The number of unbranched alkanes of at least 4 members (excludes halogenated alkanes) is 10. The summed E-state index contributed by atoms with van der Waals surface area (Å²) in [5, 5.41) is 0. The first-order valence-electron chi connectivity index (χ1n) is 29.4. The molecule has 0 aliphatic heterocycles. The van der Waals surface area contributed by atoms with Gasteiger partial charge in [0.05, 0.1) is 198 Å². The van der Waals surface area contributed by atoms with E-state index < -0.39 is 0 Å². The van der Waals surface area contributed by atoms with Crippen LogP contribution < -0.4 is 9.47 Å². The van der Waals surface area contributed by atoms with Gasteiger partial charge in [-0.3, -0.25) is 0 Å². The Balaban J connectivity index is 1.15. The van der Waals surface area contributed by atoms with Crippen molar-refractivity contribution < 1.29 is 80.5 Å². The lowest BCUT2D eigenvalue weighted by Crippen LogP contribution is -2.16. The molecule has 0 radical (unpaired) electrons. The Kier molecular flexibility index (Phi) is 54.6. The second-order valence-corrected chi connectivity index (χ2v) is 18.1. The van der Waals surface area contributed by atoms with Crippen molar-refractivity contribution in [2.45, 2.75) is 104 Å². The number of rotatable bonds is 64. The Morgan fingerprint density at radius 1 is 0.208 bits per heavy atom. The van der Waals surface area contributed by atoms with Gasteiger partial charge in [-0.1, -0.05) is 114 Å². The minimum atomic E-state index is 0.497. The Morgan fingerprint density at radius 3 is 0.610 bits per heavy atom. The van der Waals surface area contributed by atoms with Crippen LogP contribution in [0, 0.1) is 0 Å². The molecule has 0 saturated heterocycles. The van der Waals surface area contributed by atoms with Gasteiger partial charge in [0.25, 0.3) is 0 Å². The zero-order chi connectivity index (χ0) is 54.5. The highest BCUT2D eigenvalue weighted by Gasteiger charge is 2.06. The first-order valence-corrected chi connectivity index (χ1v) is 29.4. The molecule has 0 fully saturated rings. The molecule has 0 aliphatic carbocycles. The number of para-hydroxylation sites is 2. The first-order chi connectivity index (χ1) is 38.3. The monoisotopic (exact) mass is 1100 g/mol. The summed E-state index contributed by atoms with van der Waals surface area (Å²) in [6.45, 7) is 20.8. The van der Waals surface area contributed by atoms with Gasteiger partial charge in [0.2, 0.25) is 0 Å². The molecule has 448 valence electrons. The van der Waals surface area contributed by atoms with E-state index in [0.29, 0.717) is 211 Å². The van der Waals surface area contributed by atoms with E-state index in [9.17, 15) is 0 Å². The standard InChI is InChI=1S/C60H106O17/c1-3-5-7-9-11-13-19-57-21-15-17-23-59(57)76-55-53-74-51-49-72-47-45-70-43-41-68-39-37-66-35-33-64-31-29-62-27-25-61-26-28-63-30-32-65-34-36-67-38-40-69-42-44-71-46-48-73-50-52-75-54-56-77-60-24-18-16-22-58(60)20-14-12-10-8-6-4-2/h15-18,21-24H,3-14,19-20,25-56H2,1-2H3. The molecule has 0 atom stereocenters. The maximum atomic E-state index is 5.99. The van der Waals surface area contributed by atoms with Crippen LogP contribution in [0.2, 0.25) is 0 Å². The van der Waals surface area contributed by atoms with Crippen molar-refractivity contribution in [2.24, 2.45) is 0 Å². The average molecular weight is 1100 g/mol. The highest BCUT2D eigenvalue weighted by Crippen LogP contribution is 2.22. The molecule has 0 N–H and O–H groups in total. The lowest BCUT2D eigenvalue weighted by molar-refractivity contribution is -0.0302. The van der Waals surface area contributed by atoms with E-state index in [1.165, 1.54) is 88.2 Å². The Hall–Kier alpha value is -2.56. The number of benzene rings is 2. The first kappa shape index (κ1) is 70.5. The van der Waals surface area contributed by atoms with Gasteiger partial charge in [-0.15, -0.1) is 0 Å². The predicted molar refractivity (Wildman–Crippen MR) is 300 cm³/mol. The van der Waals surface area contributed by atoms with E-state index in [4.69, 9.17) is 80.5 Å². The summed E-state index contributed by atoms with van der Waals surface area (Å²) >= 11 is 0. The summed E-state index contributed by atoms with van der Waals surface area (Å²) in [6, 6.07) is 16.7. The quantitative estimate of drug-likeness (QED) is 0.0577. The van der Waals surface area contributed by atoms with Gasteiger partial charge >= 0.3 is 0 Å². The van der Waals surface area contributed by atoms with E-state index in [-0.39, 0.29) is 0 Å². The average Bonchev–Trinajstić information content (AvgIpc) is 3.45.